The molecule has 0 saturated heterocycles. The maximum absolute atomic E-state index is 13.6. The van der Waals surface area contributed by atoms with Gasteiger partial charge in [0.15, 0.2) is 0 Å². The summed E-state index contributed by atoms with van der Waals surface area (Å²) < 4.78 is 11.1. The Bertz CT molecular complexity index is 1100. The summed E-state index contributed by atoms with van der Waals surface area (Å²) in [5.41, 5.74) is 0.146. The lowest BCUT2D eigenvalue weighted by Gasteiger charge is -2.60. The summed E-state index contributed by atoms with van der Waals surface area (Å²) in [6, 6.07) is 7.92. The molecule has 3 N–H and O–H groups in total. The lowest BCUT2D eigenvalue weighted by atomic mass is 9.47. The van der Waals surface area contributed by atoms with E-state index in [1.165, 1.54) is 6.92 Å². The zero-order valence-electron chi connectivity index (χ0n) is 20.7. The Hall–Kier alpha value is -3.36. The van der Waals surface area contributed by atoms with Gasteiger partial charge in [-0.1, -0.05) is 30.3 Å². The first-order chi connectivity index (χ1) is 17.2. The summed E-state index contributed by atoms with van der Waals surface area (Å²) >= 11 is 0. The van der Waals surface area contributed by atoms with Crippen molar-refractivity contribution in [2.75, 3.05) is 13.2 Å². The average Bonchev–Trinajstić information content (AvgIpc) is 2.81. The van der Waals surface area contributed by atoms with Gasteiger partial charge in [-0.25, -0.2) is 9.59 Å². The fourth-order valence-corrected chi connectivity index (χ4v) is 7.39. The summed E-state index contributed by atoms with van der Waals surface area (Å²) in [5.74, 6) is -0.230. The van der Waals surface area contributed by atoms with Gasteiger partial charge in [-0.15, -0.1) is 0 Å². The van der Waals surface area contributed by atoms with Gasteiger partial charge in [0.1, 0.15) is 6.61 Å². The van der Waals surface area contributed by atoms with Crippen LogP contribution in [0.4, 0.5) is 4.79 Å². The first kappa shape index (κ1) is 24.3. The fraction of sp³-hybridized carbons (Fsp3) is 0.556. The zero-order valence-corrected chi connectivity index (χ0v) is 20.7. The molecule has 5 aliphatic rings. The third-order valence-corrected chi connectivity index (χ3v) is 8.06. The van der Waals surface area contributed by atoms with E-state index in [0.717, 1.165) is 37.7 Å². The van der Waals surface area contributed by atoms with Gasteiger partial charge in [0.25, 0.3) is 0 Å². The molecule has 192 valence electrons. The second kappa shape index (κ2) is 9.26. The van der Waals surface area contributed by atoms with Crippen molar-refractivity contribution in [3.05, 3.63) is 47.2 Å². The van der Waals surface area contributed by atoms with Crippen molar-refractivity contribution in [1.82, 2.24) is 16.0 Å². The molecule has 4 fully saturated rings. The van der Waals surface area contributed by atoms with E-state index in [0.29, 0.717) is 18.3 Å². The highest BCUT2D eigenvalue weighted by Crippen LogP contribution is 2.62. The molecular formula is C27H33N3O6. The van der Waals surface area contributed by atoms with Crippen molar-refractivity contribution in [3.8, 4) is 0 Å². The van der Waals surface area contributed by atoms with E-state index >= 15 is 0 Å². The molecule has 1 aromatic rings. The summed E-state index contributed by atoms with van der Waals surface area (Å²) in [5, 5.41) is 8.60. The number of carbonyl (C=O) groups is 4. The van der Waals surface area contributed by atoms with Crippen LogP contribution in [-0.4, -0.2) is 42.6 Å². The van der Waals surface area contributed by atoms with Crippen LogP contribution in [0.2, 0.25) is 0 Å². The van der Waals surface area contributed by atoms with Crippen LogP contribution >= 0.6 is 0 Å². The Morgan fingerprint density at radius 1 is 1.06 bits per heavy atom. The number of hydrogen-bond acceptors (Lipinski definition) is 6. The zero-order chi connectivity index (χ0) is 25.5. The van der Waals surface area contributed by atoms with E-state index in [2.05, 4.69) is 16.0 Å². The number of rotatable bonds is 7. The van der Waals surface area contributed by atoms with Crippen molar-refractivity contribution < 1.29 is 28.7 Å². The summed E-state index contributed by atoms with van der Waals surface area (Å²) in [4.78, 5) is 51.0. The number of hydrogen-bond donors (Lipinski definition) is 3. The minimum atomic E-state index is -0.727. The normalized spacial score (nSPS) is 32.4. The molecule has 0 spiro atoms. The standard InChI is InChI=1S/C27H33N3O6/c1-3-35-23(32)21-20(28-25(34)29-22(21)19-7-5-4-6-8-19)14-36-24(33)26-10-17-9-18(11-26)13-27(12-17,15-26)30-16(2)31/h4-8,17-18,22H,3,9-15H2,1-2H3,(H,30,31)(H2,28,29,34)/t17-,18-,22+,26?,27?/m0/s1. The van der Waals surface area contributed by atoms with Gasteiger partial charge in [0.05, 0.1) is 29.3 Å². The Morgan fingerprint density at radius 2 is 1.75 bits per heavy atom. The van der Waals surface area contributed by atoms with E-state index < -0.39 is 23.5 Å². The monoisotopic (exact) mass is 495 g/mol. The Morgan fingerprint density at radius 3 is 2.39 bits per heavy atom. The van der Waals surface area contributed by atoms with Gasteiger partial charge in [-0.05, 0) is 62.8 Å². The van der Waals surface area contributed by atoms with Gasteiger partial charge >= 0.3 is 18.0 Å². The molecule has 1 aromatic carbocycles. The van der Waals surface area contributed by atoms with Gasteiger partial charge in [0.2, 0.25) is 5.91 Å². The number of benzene rings is 1. The van der Waals surface area contributed by atoms with Crippen LogP contribution in [0, 0.1) is 17.3 Å². The van der Waals surface area contributed by atoms with Crippen LogP contribution < -0.4 is 16.0 Å². The molecule has 3 amide bonds. The van der Waals surface area contributed by atoms with E-state index in [4.69, 9.17) is 9.47 Å². The van der Waals surface area contributed by atoms with Gasteiger partial charge in [-0.3, -0.25) is 9.59 Å². The number of amides is 3. The fourth-order valence-electron chi connectivity index (χ4n) is 7.39. The van der Waals surface area contributed by atoms with Crippen LogP contribution in [0.25, 0.3) is 0 Å². The third kappa shape index (κ3) is 4.47. The molecule has 0 radical (unpaired) electrons. The molecule has 4 saturated carbocycles. The Kier molecular flexibility index (Phi) is 6.26. The lowest BCUT2D eigenvalue weighted by molar-refractivity contribution is -0.175. The highest BCUT2D eigenvalue weighted by molar-refractivity contribution is 5.95. The average molecular weight is 496 g/mol. The maximum Gasteiger partial charge on any atom is 0.338 e. The second-order valence-corrected chi connectivity index (χ2v) is 10.8. The summed E-state index contributed by atoms with van der Waals surface area (Å²) in [6.07, 6.45) is 4.93. The Labute approximate surface area is 210 Å². The molecule has 6 rings (SSSR count). The molecule has 9 nitrogen and oxygen atoms in total. The van der Waals surface area contributed by atoms with Crippen molar-refractivity contribution in [3.63, 3.8) is 0 Å². The number of carbonyl (C=O) groups excluding carboxylic acids is 4. The predicted octanol–water partition coefficient (Wildman–Crippen LogP) is 2.88. The molecule has 1 heterocycles. The molecule has 0 unspecified atom stereocenters. The molecule has 1 aliphatic heterocycles. The van der Waals surface area contributed by atoms with Gasteiger partial charge in [0, 0.05) is 12.5 Å². The maximum atomic E-state index is 13.6. The highest BCUT2D eigenvalue weighted by atomic mass is 16.5. The molecule has 36 heavy (non-hydrogen) atoms. The van der Waals surface area contributed by atoms with Crippen molar-refractivity contribution >= 4 is 23.9 Å². The lowest BCUT2D eigenvalue weighted by Crippen LogP contribution is -2.64. The first-order valence-corrected chi connectivity index (χ1v) is 12.7. The number of nitrogens with one attached hydrogen (secondary N) is 3. The SMILES string of the molecule is CCOC(=O)C1=C(COC(=O)C23C[C@@H]4C[C@H](CC(NC(C)=O)(C4)C2)C3)NC(=O)N[C@@H]1c1ccccc1. The van der Waals surface area contributed by atoms with Gasteiger partial charge < -0.3 is 25.4 Å². The molecule has 4 aliphatic carbocycles. The molecule has 0 aromatic heterocycles. The molecular weight excluding hydrogens is 462 g/mol. The highest BCUT2D eigenvalue weighted by Gasteiger charge is 2.61. The molecule has 9 heteroatoms. The summed E-state index contributed by atoms with van der Waals surface area (Å²) in [7, 11) is 0. The van der Waals surface area contributed by atoms with Crippen LogP contribution in [0.3, 0.4) is 0 Å². The number of esters is 2. The number of urea groups is 1. The van der Waals surface area contributed by atoms with Crippen LogP contribution in [-0.2, 0) is 23.9 Å². The van der Waals surface area contributed by atoms with Crippen LogP contribution in [0.1, 0.15) is 64.0 Å². The Balaban J connectivity index is 1.40. The predicted molar refractivity (Wildman–Crippen MR) is 129 cm³/mol. The van der Waals surface area contributed by atoms with Crippen LogP contribution in [0.5, 0.6) is 0 Å². The van der Waals surface area contributed by atoms with E-state index in [1.54, 1.807) is 6.92 Å². The number of ether oxygens (including phenoxy) is 2. The van der Waals surface area contributed by atoms with E-state index in [9.17, 15) is 19.2 Å². The third-order valence-electron chi connectivity index (χ3n) is 8.06. The van der Waals surface area contributed by atoms with Crippen molar-refractivity contribution in [2.45, 2.75) is 64.0 Å². The summed E-state index contributed by atoms with van der Waals surface area (Å²) in [6.45, 7) is 3.16. The van der Waals surface area contributed by atoms with Crippen molar-refractivity contribution in [1.29, 1.82) is 0 Å². The first-order valence-electron chi connectivity index (χ1n) is 12.7. The minimum absolute atomic E-state index is 0.0749. The topological polar surface area (TPSA) is 123 Å². The van der Waals surface area contributed by atoms with E-state index in [-0.39, 0.29) is 41.9 Å². The quantitative estimate of drug-likeness (QED) is 0.500. The van der Waals surface area contributed by atoms with E-state index in [1.807, 2.05) is 30.3 Å². The van der Waals surface area contributed by atoms with Gasteiger partial charge in [-0.2, -0.15) is 0 Å². The largest absolute Gasteiger partial charge is 0.463 e. The molecule has 4 bridgehead atoms. The minimum Gasteiger partial charge on any atom is -0.463 e. The molecule has 3 atom stereocenters. The van der Waals surface area contributed by atoms with Crippen molar-refractivity contribution in [2.24, 2.45) is 17.3 Å². The smallest absolute Gasteiger partial charge is 0.338 e. The second-order valence-electron chi connectivity index (χ2n) is 10.8. The van der Waals surface area contributed by atoms with Crippen LogP contribution in [0.15, 0.2) is 41.6 Å².